The van der Waals surface area contributed by atoms with Crippen LogP contribution in [0.4, 0.5) is 11.9 Å². The van der Waals surface area contributed by atoms with Gasteiger partial charge in [0.05, 0.1) is 6.61 Å². The molecule has 0 atom stereocenters. The Kier molecular flexibility index (Phi) is 4.15. The van der Waals surface area contributed by atoms with E-state index in [4.69, 9.17) is 10.9 Å². The number of aromatic nitrogens is 6. The first-order valence-electron chi connectivity index (χ1n) is 5.72. The largest absolute Gasteiger partial charge is 0.395 e. The molecule has 4 N–H and O–H groups in total. The summed E-state index contributed by atoms with van der Waals surface area (Å²) in [4.78, 5) is 18.1. The maximum atomic E-state index is 9.03. The molecule has 0 amide bonds. The topological polar surface area (TPSA) is 131 Å². The van der Waals surface area contributed by atoms with Crippen LogP contribution in [0.1, 0.15) is 6.92 Å². The van der Waals surface area contributed by atoms with E-state index < -0.39 is 0 Å². The molecule has 0 unspecified atom stereocenters. The van der Waals surface area contributed by atoms with Gasteiger partial charge < -0.3 is 10.0 Å². The minimum Gasteiger partial charge on any atom is -0.395 e. The van der Waals surface area contributed by atoms with Gasteiger partial charge in [0.15, 0.2) is 0 Å². The van der Waals surface area contributed by atoms with Crippen LogP contribution in [0.3, 0.4) is 0 Å². The third-order valence-corrected chi connectivity index (χ3v) is 2.40. The molecule has 0 saturated carbocycles. The first kappa shape index (κ1) is 13.1. The molecule has 0 radical (unpaired) electrons. The summed E-state index contributed by atoms with van der Waals surface area (Å²) in [6.45, 7) is 3.00. The minimum absolute atomic E-state index is 0.00354. The van der Waals surface area contributed by atoms with Crippen molar-refractivity contribution in [2.75, 3.05) is 30.0 Å². The highest BCUT2D eigenvalue weighted by atomic mass is 16.3. The third-order valence-electron chi connectivity index (χ3n) is 2.40. The summed E-state index contributed by atoms with van der Waals surface area (Å²) in [6.07, 6.45) is 2.85. The second kappa shape index (κ2) is 6.02. The van der Waals surface area contributed by atoms with E-state index in [1.54, 1.807) is 4.90 Å². The molecule has 2 rings (SSSR count). The van der Waals surface area contributed by atoms with Crippen LogP contribution in [0, 0.1) is 0 Å². The third kappa shape index (κ3) is 2.92. The first-order chi connectivity index (χ1) is 9.28. The van der Waals surface area contributed by atoms with E-state index >= 15 is 0 Å². The molecule has 0 fully saturated rings. The Labute approximate surface area is 109 Å². The molecule has 0 aliphatic rings. The Balaban J connectivity index is 2.41. The number of nitrogen functional groups attached to an aromatic ring is 1. The number of rotatable bonds is 6. The fraction of sp³-hybridized carbons (Fsp3) is 0.444. The van der Waals surface area contributed by atoms with Gasteiger partial charge in [-0.25, -0.2) is 10.8 Å². The Morgan fingerprint density at radius 3 is 2.84 bits per heavy atom. The molecule has 102 valence electrons. The Morgan fingerprint density at radius 1 is 1.42 bits per heavy atom. The molecular formula is C9H15N9O. The van der Waals surface area contributed by atoms with Gasteiger partial charge in [-0.1, -0.05) is 0 Å². The Bertz CT molecular complexity index is 514. The van der Waals surface area contributed by atoms with Crippen molar-refractivity contribution < 1.29 is 5.11 Å². The zero-order valence-electron chi connectivity index (χ0n) is 10.4. The van der Waals surface area contributed by atoms with E-state index in [2.05, 4.69) is 30.5 Å². The van der Waals surface area contributed by atoms with Crippen molar-refractivity contribution in [3.8, 4) is 5.95 Å². The van der Waals surface area contributed by atoms with Crippen molar-refractivity contribution in [1.82, 2.24) is 29.7 Å². The monoisotopic (exact) mass is 265 g/mol. The highest BCUT2D eigenvalue weighted by Crippen LogP contribution is 2.11. The molecule has 19 heavy (non-hydrogen) atoms. The number of nitrogens with two attached hydrogens (primary N) is 1. The fourth-order valence-electron chi connectivity index (χ4n) is 1.49. The summed E-state index contributed by atoms with van der Waals surface area (Å²) in [5, 5.41) is 13.0. The van der Waals surface area contributed by atoms with Gasteiger partial charge in [-0.3, -0.25) is 5.43 Å². The molecule has 2 heterocycles. The van der Waals surface area contributed by atoms with Crippen LogP contribution in [0.2, 0.25) is 0 Å². The molecule has 2 aromatic heterocycles. The van der Waals surface area contributed by atoms with E-state index in [0.29, 0.717) is 25.0 Å². The van der Waals surface area contributed by atoms with E-state index in [0.717, 1.165) is 0 Å². The van der Waals surface area contributed by atoms with Crippen LogP contribution in [0.15, 0.2) is 12.7 Å². The van der Waals surface area contributed by atoms with Crippen molar-refractivity contribution in [1.29, 1.82) is 0 Å². The number of aliphatic hydroxyl groups is 1. The lowest BCUT2D eigenvalue weighted by Gasteiger charge is -2.20. The maximum Gasteiger partial charge on any atom is 0.258 e. The minimum atomic E-state index is 0.00354. The molecule has 0 spiro atoms. The number of nitrogens with one attached hydrogen (secondary N) is 1. The van der Waals surface area contributed by atoms with Gasteiger partial charge in [0, 0.05) is 13.1 Å². The number of anilines is 2. The lowest BCUT2D eigenvalue weighted by atomic mass is 10.5. The van der Waals surface area contributed by atoms with Gasteiger partial charge in [0.25, 0.3) is 5.95 Å². The predicted molar refractivity (Wildman–Crippen MR) is 67.5 cm³/mol. The summed E-state index contributed by atoms with van der Waals surface area (Å²) in [7, 11) is 0. The summed E-state index contributed by atoms with van der Waals surface area (Å²) in [5.41, 5.74) is 2.38. The highest BCUT2D eigenvalue weighted by molar-refractivity contribution is 5.39. The van der Waals surface area contributed by atoms with Crippen molar-refractivity contribution in [3.63, 3.8) is 0 Å². The predicted octanol–water partition coefficient (Wildman–Crippen LogP) is -1.44. The van der Waals surface area contributed by atoms with Crippen LogP contribution in [-0.2, 0) is 0 Å². The Hall–Kier alpha value is -2.33. The van der Waals surface area contributed by atoms with Gasteiger partial charge in [0.2, 0.25) is 11.9 Å². The zero-order valence-corrected chi connectivity index (χ0v) is 10.4. The average molecular weight is 265 g/mol. The van der Waals surface area contributed by atoms with Crippen molar-refractivity contribution in [2.24, 2.45) is 5.84 Å². The molecule has 0 saturated heterocycles. The standard InChI is InChI=1S/C9H15N9O/c1-2-17(3-4-19)8-13-7(16-10)14-9(15-8)18-6-11-5-12-18/h5-6,19H,2-4,10H2,1H3,(H,13,14,15,16). The zero-order chi connectivity index (χ0) is 13.7. The van der Waals surface area contributed by atoms with Crippen molar-refractivity contribution in [2.45, 2.75) is 6.92 Å². The summed E-state index contributed by atoms with van der Waals surface area (Å²) >= 11 is 0. The molecule has 10 heteroatoms. The number of hydrazine groups is 1. The van der Waals surface area contributed by atoms with E-state index in [1.807, 2.05) is 6.92 Å². The van der Waals surface area contributed by atoms with Gasteiger partial charge in [-0.2, -0.15) is 24.7 Å². The second-order valence-electron chi connectivity index (χ2n) is 3.55. The molecule has 0 aromatic carbocycles. The number of hydrogen-bond donors (Lipinski definition) is 3. The van der Waals surface area contributed by atoms with Crippen LogP contribution in [-0.4, -0.2) is 54.5 Å². The van der Waals surface area contributed by atoms with Crippen molar-refractivity contribution >= 4 is 11.9 Å². The second-order valence-corrected chi connectivity index (χ2v) is 3.55. The van der Waals surface area contributed by atoms with Gasteiger partial charge >= 0.3 is 0 Å². The van der Waals surface area contributed by atoms with E-state index in [1.165, 1.54) is 17.3 Å². The van der Waals surface area contributed by atoms with Crippen LogP contribution in [0.25, 0.3) is 5.95 Å². The summed E-state index contributed by atoms with van der Waals surface area (Å²) in [6, 6.07) is 0. The van der Waals surface area contributed by atoms with Crippen molar-refractivity contribution in [3.05, 3.63) is 12.7 Å². The van der Waals surface area contributed by atoms with Gasteiger partial charge in [0.1, 0.15) is 12.7 Å². The number of likely N-dealkylation sites (N-methyl/N-ethyl adjacent to an activating group) is 1. The molecule has 0 aliphatic carbocycles. The SMILES string of the molecule is CCN(CCO)c1nc(NN)nc(-n2cncn2)n1. The normalized spacial score (nSPS) is 10.5. The Morgan fingerprint density at radius 2 is 2.26 bits per heavy atom. The molecule has 0 bridgehead atoms. The number of aliphatic hydroxyl groups excluding tert-OH is 1. The van der Waals surface area contributed by atoms with E-state index in [-0.39, 0.29) is 12.6 Å². The van der Waals surface area contributed by atoms with Gasteiger partial charge in [-0.05, 0) is 6.92 Å². The molecule has 0 aliphatic heterocycles. The number of hydrogen-bond acceptors (Lipinski definition) is 9. The van der Waals surface area contributed by atoms with Crippen LogP contribution < -0.4 is 16.2 Å². The lowest BCUT2D eigenvalue weighted by Crippen LogP contribution is -2.29. The average Bonchev–Trinajstić information content (AvgIpc) is 2.98. The number of nitrogens with zero attached hydrogens (tertiary/aromatic N) is 7. The lowest BCUT2D eigenvalue weighted by molar-refractivity contribution is 0.301. The van der Waals surface area contributed by atoms with Crippen LogP contribution >= 0.6 is 0 Å². The fourth-order valence-corrected chi connectivity index (χ4v) is 1.49. The van der Waals surface area contributed by atoms with Crippen LogP contribution in [0.5, 0.6) is 0 Å². The highest BCUT2D eigenvalue weighted by Gasteiger charge is 2.13. The summed E-state index contributed by atoms with van der Waals surface area (Å²) < 4.78 is 1.40. The quantitative estimate of drug-likeness (QED) is 0.424. The van der Waals surface area contributed by atoms with Gasteiger partial charge in [-0.15, -0.1) is 0 Å². The molecule has 2 aromatic rings. The molecule has 10 nitrogen and oxygen atoms in total. The first-order valence-corrected chi connectivity index (χ1v) is 5.72. The molecular weight excluding hydrogens is 250 g/mol. The maximum absolute atomic E-state index is 9.03. The van der Waals surface area contributed by atoms with E-state index in [9.17, 15) is 0 Å². The smallest absolute Gasteiger partial charge is 0.258 e. The summed E-state index contributed by atoms with van der Waals surface area (Å²) in [5.74, 6) is 6.26.